The lowest BCUT2D eigenvalue weighted by Crippen LogP contribution is -2.35. The van der Waals surface area contributed by atoms with Gasteiger partial charge in [-0.1, -0.05) is 24.3 Å². The van der Waals surface area contributed by atoms with E-state index in [4.69, 9.17) is 4.74 Å². The van der Waals surface area contributed by atoms with Crippen molar-refractivity contribution in [3.63, 3.8) is 0 Å². The summed E-state index contributed by atoms with van der Waals surface area (Å²) in [6, 6.07) is 23.6. The fourth-order valence-electron chi connectivity index (χ4n) is 4.40. The van der Waals surface area contributed by atoms with E-state index in [1.807, 2.05) is 78.6 Å². The first-order valence-corrected chi connectivity index (χ1v) is 11.9. The maximum Gasteiger partial charge on any atom is 0.253 e. The molecule has 0 bridgehead atoms. The highest BCUT2D eigenvalue weighted by Crippen LogP contribution is 2.32. The summed E-state index contributed by atoms with van der Waals surface area (Å²) in [4.78, 5) is 14.7. The zero-order chi connectivity index (χ0) is 23.3. The van der Waals surface area contributed by atoms with E-state index in [2.05, 4.69) is 21.6 Å². The Morgan fingerprint density at radius 2 is 1.59 bits per heavy atom. The third-order valence-electron chi connectivity index (χ3n) is 6.16. The van der Waals surface area contributed by atoms with E-state index in [0.717, 1.165) is 59.4 Å². The zero-order valence-corrected chi connectivity index (χ0v) is 19.3. The van der Waals surface area contributed by atoms with Crippen LogP contribution in [0.25, 0.3) is 22.0 Å². The van der Waals surface area contributed by atoms with Crippen LogP contribution >= 0.6 is 0 Å². The van der Waals surface area contributed by atoms with Gasteiger partial charge in [0, 0.05) is 40.7 Å². The minimum Gasteiger partial charge on any atom is -0.494 e. The second-order valence-corrected chi connectivity index (χ2v) is 8.46. The molecule has 0 aliphatic carbocycles. The number of carbonyl (C=O) groups excluding carboxylic acids is 1. The molecule has 0 spiro atoms. The SMILES string of the molecule is CCOc1ccc(-c2nnc(Nc3ccc(C(=O)N4CCCCC4)cc3)c3ccccc23)cc1. The number of likely N-dealkylation sites (tertiary alicyclic amines) is 1. The maximum atomic E-state index is 12.7. The summed E-state index contributed by atoms with van der Waals surface area (Å²) in [6.45, 7) is 4.30. The number of piperidine rings is 1. The molecule has 1 amide bonds. The van der Waals surface area contributed by atoms with Crippen molar-refractivity contribution in [3.05, 3.63) is 78.4 Å². The lowest BCUT2D eigenvalue weighted by atomic mass is 10.0. The molecule has 4 aromatic rings. The third-order valence-corrected chi connectivity index (χ3v) is 6.16. The van der Waals surface area contributed by atoms with Crippen molar-refractivity contribution in [2.24, 2.45) is 0 Å². The summed E-state index contributed by atoms with van der Waals surface area (Å²) in [6.07, 6.45) is 3.38. The number of hydrogen-bond donors (Lipinski definition) is 1. The lowest BCUT2D eigenvalue weighted by Gasteiger charge is -2.26. The Bertz CT molecular complexity index is 1280. The average Bonchev–Trinajstić information content (AvgIpc) is 2.90. The number of nitrogens with zero attached hydrogens (tertiary/aromatic N) is 3. The van der Waals surface area contributed by atoms with E-state index in [9.17, 15) is 4.79 Å². The van der Waals surface area contributed by atoms with Gasteiger partial charge in [-0.15, -0.1) is 10.2 Å². The summed E-state index contributed by atoms with van der Waals surface area (Å²) < 4.78 is 5.56. The Hall–Kier alpha value is -3.93. The standard InChI is InChI=1S/C28H28N4O2/c1-2-34-23-16-12-20(13-17-23)26-24-8-4-5-9-25(24)27(31-30-26)29-22-14-10-21(11-15-22)28(33)32-18-6-3-7-19-32/h4-5,8-17H,2-3,6-7,18-19H2,1H3,(H,29,31). The molecule has 1 fully saturated rings. The largest absolute Gasteiger partial charge is 0.494 e. The molecule has 1 N–H and O–H groups in total. The van der Waals surface area contributed by atoms with Crippen LogP contribution in [0.5, 0.6) is 5.75 Å². The van der Waals surface area contributed by atoms with Crippen LogP contribution in [0.4, 0.5) is 11.5 Å². The van der Waals surface area contributed by atoms with Gasteiger partial charge in [0.2, 0.25) is 0 Å². The fourth-order valence-corrected chi connectivity index (χ4v) is 4.40. The molecule has 1 aliphatic heterocycles. The number of carbonyl (C=O) groups is 1. The van der Waals surface area contributed by atoms with E-state index < -0.39 is 0 Å². The van der Waals surface area contributed by atoms with Gasteiger partial charge in [-0.2, -0.15) is 0 Å². The number of rotatable bonds is 6. The predicted octanol–water partition coefficient (Wildman–Crippen LogP) is 6.07. The van der Waals surface area contributed by atoms with Crippen molar-refractivity contribution < 1.29 is 9.53 Å². The van der Waals surface area contributed by atoms with Crippen molar-refractivity contribution in [1.29, 1.82) is 0 Å². The predicted molar refractivity (Wildman–Crippen MR) is 136 cm³/mol. The molecule has 2 heterocycles. The first-order valence-electron chi connectivity index (χ1n) is 11.9. The number of amides is 1. The van der Waals surface area contributed by atoms with Gasteiger partial charge in [-0.05, 0) is 74.7 Å². The summed E-state index contributed by atoms with van der Waals surface area (Å²) in [5, 5.41) is 14.4. The third kappa shape index (κ3) is 4.57. The smallest absolute Gasteiger partial charge is 0.253 e. The molecule has 6 nitrogen and oxygen atoms in total. The molecule has 3 aromatic carbocycles. The topological polar surface area (TPSA) is 67.4 Å². The Morgan fingerprint density at radius 1 is 0.882 bits per heavy atom. The van der Waals surface area contributed by atoms with E-state index >= 15 is 0 Å². The Labute approximate surface area is 199 Å². The van der Waals surface area contributed by atoms with E-state index in [1.165, 1.54) is 6.42 Å². The van der Waals surface area contributed by atoms with Gasteiger partial charge in [0.05, 0.1) is 6.61 Å². The van der Waals surface area contributed by atoms with Crippen LogP contribution in [-0.4, -0.2) is 40.7 Å². The highest BCUT2D eigenvalue weighted by molar-refractivity contribution is 6.01. The number of ether oxygens (including phenoxy) is 1. The number of fused-ring (bicyclic) bond motifs is 1. The number of aromatic nitrogens is 2. The number of anilines is 2. The Kier molecular flexibility index (Phi) is 6.38. The first kappa shape index (κ1) is 21.9. The molecule has 0 radical (unpaired) electrons. The van der Waals surface area contributed by atoms with Gasteiger partial charge < -0.3 is 15.0 Å². The second-order valence-electron chi connectivity index (χ2n) is 8.46. The van der Waals surface area contributed by atoms with Crippen molar-refractivity contribution >= 4 is 28.2 Å². The monoisotopic (exact) mass is 452 g/mol. The molecule has 172 valence electrons. The van der Waals surface area contributed by atoms with Crippen LogP contribution in [-0.2, 0) is 0 Å². The maximum absolute atomic E-state index is 12.7. The van der Waals surface area contributed by atoms with E-state index in [0.29, 0.717) is 18.0 Å². The number of benzene rings is 3. The van der Waals surface area contributed by atoms with Gasteiger partial charge in [0.25, 0.3) is 5.91 Å². The minimum atomic E-state index is 0.108. The number of nitrogens with one attached hydrogen (secondary N) is 1. The van der Waals surface area contributed by atoms with Crippen LogP contribution in [0.1, 0.15) is 36.5 Å². The van der Waals surface area contributed by atoms with Crippen LogP contribution < -0.4 is 10.1 Å². The van der Waals surface area contributed by atoms with Gasteiger partial charge in [-0.3, -0.25) is 4.79 Å². The minimum absolute atomic E-state index is 0.108. The lowest BCUT2D eigenvalue weighted by molar-refractivity contribution is 0.0724. The Morgan fingerprint density at radius 3 is 2.29 bits per heavy atom. The number of hydrogen-bond acceptors (Lipinski definition) is 5. The van der Waals surface area contributed by atoms with E-state index in [-0.39, 0.29) is 5.91 Å². The quantitative estimate of drug-likeness (QED) is 0.385. The highest BCUT2D eigenvalue weighted by Gasteiger charge is 2.18. The molecule has 34 heavy (non-hydrogen) atoms. The molecular formula is C28H28N4O2. The zero-order valence-electron chi connectivity index (χ0n) is 19.3. The summed E-state index contributed by atoms with van der Waals surface area (Å²) >= 11 is 0. The van der Waals surface area contributed by atoms with E-state index in [1.54, 1.807) is 0 Å². The molecular weight excluding hydrogens is 424 g/mol. The van der Waals surface area contributed by atoms with Crippen molar-refractivity contribution in [3.8, 4) is 17.0 Å². The summed E-state index contributed by atoms with van der Waals surface area (Å²) in [7, 11) is 0. The van der Waals surface area contributed by atoms with Crippen molar-refractivity contribution in [1.82, 2.24) is 15.1 Å². The van der Waals surface area contributed by atoms with Crippen LogP contribution in [0.2, 0.25) is 0 Å². The van der Waals surface area contributed by atoms with Gasteiger partial charge in [-0.25, -0.2) is 0 Å². The van der Waals surface area contributed by atoms with Gasteiger partial charge >= 0.3 is 0 Å². The summed E-state index contributed by atoms with van der Waals surface area (Å²) in [5.74, 6) is 1.63. The first-order chi connectivity index (χ1) is 16.7. The summed E-state index contributed by atoms with van der Waals surface area (Å²) in [5.41, 5.74) is 3.39. The van der Waals surface area contributed by atoms with Crippen LogP contribution in [0.15, 0.2) is 72.8 Å². The van der Waals surface area contributed by atoms with Gasteiger partial charge in [0.1, 0.15) is 11.4 Å². The fraction of sp³-hybridized carbons (Fsp3) is 0.250. The van der Waals surface area contributed by atoms with Crippen LogP contribution in [0.3, 0.4) is 0 Å². The highest BCUT2D eigenvalue weighted by atomic mass is 16.5. The molecule has 1 aliphatic rings. The molecule has 5 rings (SSSR count). The molecule has 0 atom stereocenters. The molecule has 1 saturated heterocycles. The van der Waals surface area contributed by atoms with Crippen molar-refractivity contribution in [2.75, 3.05) is 25.0 Å². The molecule has 0 saturated carbocycles. The average molecular weight is 453 g/mol. The Balaban J connectivity index is 1.39. The van der Waals surface area contributed by atoms with Crippen LogP contribution in [0, 0.1) is 0 Å². The second kappa shape index (κ2) is 9.91. The normalized spacial score (nSPS) is 13.6. The molecule has 1 aromatic heterocycles. The van der Waals surface area contributed by atoms with Crippen molar-refractivity contribution in [2.45, 2.75) is 26.2 Å². The molecule has 6 heteroatoms. The van der Waals surface area contributed by atoms with Gasteiger partial charge in [0.15, 0.2) is 5.82 Å². The molecule has 0 unspecified atom stereocenters.